The monoisotopic (exact) mass is 248 g/mol. The van der Waals surface area contributed by atoms with Crippen LogP contribution in [0.2, 0.25) is 0 Å². The Morgan fingerprint density at radius 3 is 2.94 bits per heavy atom. The van der Waals surface area contributed by atoms with Gasteiger partial charge in [0.05, 0.1) is 0 Å². The number of hydrogen-bond donors (Lipinski definition) is 2. The highest BCUT2D eigenvalue weighted by Gasteiger charge is 2.24. The van der Waals surface area contributed by atoms with Gasteiger partial charge in [0.25, 0.3) is 0 Å². The third-order valence-electron chi connectivity index (χ3n) is 4.04. The Labute approximate surface area is 110 Å². The average Bonchev–Trinajstić information content (AvgIpc) is 2.41. The normalized spacial score (nSPS) is 22.9. The first-order chi connectivity index (χ1) is 8.61. The number of likely N-dealkylation sites (N-methyl/N-ethyl adjacent to an activating group) is 1. The van der Waals surface area contributed by atoms with Crippen LogP contribution in [0.5, 0.6) is 5.75 Å². The Morgan fingerprint density at radius 2 is 2.22 bits per heavy atom. The zero-order chi connectivity index (χ0) is 13.1. The summed E-state index contributed by atoms with van der Waals surface area (Å²) in [6.07, 6.45) is 2.47. The predicted octanol–water partition coefficient (Wildman–Crippen LogP) is 2.45. The van der Waals surface area contributed by atoms with Crippen molar-refractivity contribution in [2.45, 2.75) is 38.8 Å². The minimum Gasteiger partial charge on any atom is -0.508 e. The summed E-state index contributed by atoms with van der Waals surface area (Å²) in [5.74, 6) is 0.416. The molecule has 1 saturated heterocycles. The van der Waals surface area contributed by atoms with E-state index in [0.29, 0.717) is 11.8 Å². The van der Waals surface area contributed by atoms with Gasteiger partial charge in [0.15, 0.2) is 0 Å². The Bertz CT molecular complexity index is 405. The van der Waals surface area contributed by atoms with Gasteiger partial charge in [-0.1, -0.05) is 17.7 Å². The number of phenols is 1. The van der Waals surface area contributed by atoms with Crippen molar-refractivity contribution in [3.05, 3.63) is 29.3 Å². The largest absolute Gasteiger partial charge is 0.508 e. The van der Waals surface area contributed by atoms with Crippen molar-refractivity contribution >= 4 is 0 Å². The molecule has 1 aromatic rings. The van der Waals surface area contributed by atoms with Crippen LogP contribution >= 0.6 is 0 Å². The highest BCUT2D eigenvalue weighted by atomic mass is 16.3. The van der Waals surface area contributed by atoms with Crippen molar-refractivity contribution in [2.75, 3.05) is 20.1 Å². The molecule has 0 aliphatic carbocycles. The van der Waals surface area contributed by atoms with Crippen LogP contribution in [0.3, 0.4) is 0 Å². The second-order valence-corrected chi connectivity index (χ2v) is 5.36. The molecule has 2 unspecified atom stereocenters. The number of aryl methyl sites for hydroxylation is 1. The number of rotatable bonds is 3. The SMILES string of the molecule is CNC1CCCN(C(C)c2cc(C)ccc2O)C1. The first kappa shape index (κ1) is 13.4. The minimum absolute atomic E-state index is 0.279. The lowest BCUT2D eigenvalue weighted by molar-refractivity contribution is 0.147. The van der Waals surface area contributed by atoms with Gasteiger partial charge in [0.2, 0.25) is 0 Å². The zero-order valence-electron chi connectivity index (χ0n) is 11.6. The number of phenolic OH excluding ortho intramolecular Hbond substituents is 1. The summed E-state index contributed by atoms with van der Waals surface area (Å²) < 4.78 is 0. The first-order valence-electron chi connectivity index (χ1n) is 6.82. The average molecular weight is 248 g/mol. The van der Waals surface area contributed by atoms with Gasteiger partial charge in [-0.25, -0.2) is 0 Å². The molecule has 0 spiro atoms. The van der Waals surface area contributed by atoms with E-state index >= 15 is 0 Å². The lowest BCUT2D eigenvalue weighted by atomic mass is 9.99. The van der Waals surface area contributed by atoms with Crippen LogP contribution in [-0.4, -0.2) is 36.2 Å². The quantitative estimate of drug-likeness (QED) is 0.862. The van der Waals surface area contributed by atoms with Crippen LogP contribution in [0.4, 0.5) is 0 Å². The van der Waals surface area contributed by atoms with Crippen molar-refractivity contribution in [2.24, 2.45) is 0 Å². The number of nitrogens with one attached hydrogen (secondary N) is 1. The number of aromatic hydroxyl groups is 1. The molecule has 0 saturated carbocycles. The van der Waals surface area contributed by atoms with Crippen molar-refractivity contribution in [1.29, 1.82) is 0 Å². The summed E-state index contributed by atoms with van der Waals surface area (Å²) in [4.78, 5) is 2.46. The van der Waals surface area contributed by atoms with E-state index in [1.807, 2.05) is 13.1 Å². The molecular weight excluding hydrogens is 224 g/mol. The van der Waals surface area contributed by atoms with Gasteiger partial charge in [-0.15, -0.1) is 0 Å². The molecule has 18 heavy (non-hydrogen) atoms. The van der Waals surface area contributed by atoms with Gasteiger partial charge in [-0.2, -0.15) is 0 Å². The zero-order valence-corrected chi connectivity index (χ0v) is 11.6. The molecule has 0 bridgehead atoms. The lowest BCUT2D eigenvalue weighted by Gasteiger charge is -2.37. The number of hydrogen-bond acceptors (Lipinski definition) is 3. The third-order valence-corrected chi connectivity index (χ3v) is 4.04. The Balaban J connectivity index is 2.14. The maximum atomic E-state index is 10.0. The van der Waals surface area contributed by atoms with Crippen LogP contribution in [0.25, 0.3) is 0 Å². The van der Waals surface area contributed by atoms with Crippen LogP contribution < -0.4 is 5.32 Å². The molecule has 2 atom stereocenters. The molecule has 3 nitrogen and oxygen atoms in total. The van der Waals surface area contributed by atoms with Crippen molar-refractivity contribution in [3.63, 3.8) is 0 Å². The lowest BCUT2D eigenvalue weighted by Crippen LogP contribution is -2.45. The fraction of sp³-hybridized carbons (Fsp3) is 0.600. The summed E-state index contributed by atoms with van der Waals surface area (Å²) in [6.45, 7) is 6.44. The van der Waals surface area contributed by atoms with Gasteiger partial charge in [-0.3, -0.25) is 4.90 Å². The van der Waals surface area contributed by atoms with Crippen LogP contribution in [-0.2, 0) is 0 Å². The molecule has 1 fully saturated rings. The van der Waals surface area contributed by atoms with Crippen molar-refractivity contribution < 1.29 is 5.11 Å². The van der Waals surface area contributed by atoms with Crippen LogP contribution in [0.1, 0.15) is 36.9 Å². The summed E-state index contributed by atoms with van der Waals surface area (Å²) in [6, 6.07) is 6.72. The second-order valence-electron chi connectivity index (χ2n) is 5.36. The molecular formula is C15H24N2O. The molecule has 1 aliphatic heterocycles. The fourth-order valence-electron chi connectivity index (χ4n) is 2.80. The Morgan fingerprint density at radius 1 is 1.44 bits per heavy atom. The van der Waals surface area contributed by atoms with Gasteiger partial charge in [0, 0.05) is 24.2 Å². The number of nitrogens with zero attached hydrogens (tertiary/aromatic N) is 1. The number of likely N-dealkylation sites (tertiary alicyclic amines) is 1. The highest BCUT2D eigenvalue weighted by molar-refractivity contribution is 5.37. The van der Waals surface area contributed by atoms with E-state index in [0.717, 1.165) is 18.7 Å². The van der Waals surface area contributed by atoms with E-state index < -0.39 is 0 Å². The van der Waals surface area contributed by atoms with E-state index in [-0.39, 0.29) is 6.04 Å². The minimum atomic E-state index is 0.279. The Kier molecular flexibility index (Phi) is 4.25. The molecule has 100 valence electrons. The molecule has 3 heteroatoms. The second kappa shape index (κ2) is 5.72. The smallest absolute Gasteiger partial charge is 0.120 e. The first-order valence-corrected chi connectivity index (χ1v) is 6.82. The van der Waals surface area contributed by atoms with E-state index in [2.05, 4.69) is 30.1 Å². The third kappa shape index (κ3) is 2.85. The van der Waals surface area contributed by atoms with Gasteiger partial charge >= 0.3 is 0 Å². The standard InChI is InChI=1S/C15H24N2O/c1-11-6-7-15(18)14(9-11)12(2)17-8-4-5-13(10-17)16-3/h6-7,9,12-13,16,18H,4-5,8,10H2,1-3H3. The highest BCUT2D eigenvalue weighted by Crippen LogP contribution is 2.30. The summed E-state index contributed by atoms with van der Waals surface area (Å²) in [5.41, 5.74) is 2.25. The maximum Gasteiger partial charge on any atom is 0.120 e. The van der Waals surface area contributed by atoms with Crippen molar-refractivity contribution in [1.82, 2.24) is 10.2 Å². The molecule has 0 radical (unpaired) electrons. The molecule has 1 aliphatic rings. The fourth-order valence-corrected chi connectivity index (χ4v) is 2.80. The maximum absolute atomic E-state index is 10.0. The van der Waals surface area contributed by atoms with Gasteiger partial charge in [0.1, 0.15) is 5.75 Å². The van der Waals surface area contributed by atoms with E-state index in [4.69, 9.17) is 0 Å². The van der Waals surface area contributed by atoms with E-state index in [1.54, 1.807) is 6.07 Å². The molecule has 1 heterocycles. The van der Waals surface area contributed by atoms with E-state index in [9.17, 15) is 5.11 Å². The number of benzene rings is 1. The van der Waals surface area contributed by atoms with E-state index in [1.165, 1.54) is 18.4 Å². The van der Waals surface area contributed by atoms with Crippen LogP contribution in [0.15, 0.2) is 18.2 Å². The Hall–Kier alpha value is -1.06. The molecule has 0 amide bonds. The van der Waals surface area contributed by atoms with Gasteiger partial charge < -0.3 is 10.4 Å². The molecule has 1 aromatic carbocycles. The van der Waals surface area contributed by atoms with Crippen molar-refractivity contribution in [3.8, 4) is 5.75 Å². The van der Waals surface area contributed by atoms with Gasteiger partial charge in [-0.05, 0) is 46.3 Å². The summed E-state index contributed by atoms with van der Waals surface area (Å²) in [5, 5.41) is 13.4. The molecule has 2 rings (SSSR count). The topological polar surface area (TPSA) is 35.5 Å². The predicted molar refractivity (Wildman–Crippen MR) is 74.9 cm³/mol. The number of piperidine rings is 1. The molecule has 0 aromatic heterocycles. The molecule has 2 N–H and O–H groups in total. The van der Waals surface area contributed by atoms with Crippen LogP contribution in [0, 0.1) is 6.92 Å². The summed E-state index contributed by atoms with van der Waals surface area (Å²) in [7, 11) is 2.03. The summed E-state index contributed by atoms with van der Waals surface area (Å²) >= 11 is 0.